The van der Waals surface area contributed by atoms with E-state index in [0.29, 0.717) is 0 Å². The molecule has 0 amide bonds. The van der Waals surface area contributed by atoms with Crippen LogP contribution in [0.2, 0.25) is 0 Å². The number of hydrogen-bond donors (Lipinski definition) is 0. The molecule has 0 aliphatic carbocycles. The summed E-state index contributed by atoms with van der Waals surface area (Å²) >= 11 is 0. The molecule has 8 nitrogen and oxygen atoms in total. The van der Waals surface area contributed by atoms with Crippen molar-refractivity contribution in [2.75, 3.05) is 4.90 Å². The van der Waals surface area contributed by atoms with Crippen LogP contribution in [-0.2, 0) is 0 Å². The Bertz CT molecular complexity index is 2520. The molecule has 50 heavy (non-hydrogen) atoms. The van der Waals surface area contributed by atoms with Crippen molar-refractivity contribution in [3.05, 3.63) is 164 Å². The van der Waals surface area contributed by atoms with Crippen LogP contribution in [-0.4, -0.2) is 29.1 Å². The third-order valence-electron chi connectivity index (χ3n) is 9.07. The maximum Gasteiger partial charge on any atom is 0.151 e. The summed E-state index contributed by atoms with van der Waals surface area (Å²) in [6, 6.07) is 47.4. The summed E-state index contributed by atoms with van der Waals surface area (Å²) in [7, 11) is 0. The zero-order valence-corrected chi connectivity index (χ0v) is 26.6. The second kappa shape index (κ2) is 11.3. The molecular weight excluding hydrogens is 619 g/mol. The number of rotatable bonds is 5. The van der Waals surface area contributed by atoms with Gasteiger partial charge in [-0.3, -0.25) is 19.1 Å². The van der Waals surface area contributed by atoms with Crippen LogP contribution in [0.15, 0.2) is 164 Å². The highest BCUT2D eigenvalue weighted by atomic mass is 16.5. The Hall–Kier alpha value is -7.06. The van der Waals surface area contributed by atoms with Crippen LogP contribution in [0.5, 0.6) is 11.5 Å². The summed E-state index contributed by atoms with van der Waals surface area (Å²) in [6.07, 6.45) is 7.32. The summed E-state index contributed by atoms with van der Waals surface area (Å²) < 4.78 is 10.8. The van der Waals surface area contributed by atoms with Gasteiger partial charge < -0.3 is 9.64 Å². The minimum Gasteiger partial charge on any atom is -0.453 e. The first-order valence-electron chi connectivity index (χ1n) is 16.4. The SMILES string of the molecule is c1ccc(-n2c(-c3cc(-c4nc5ccncc5n4-c4ccccc4)cc(N4c5ccccc5Oc5ccccc54)c3)nc3ccncc32)cc1. The molecule has 0 radical (unpaired) electrons. The quantitative estimate of drug-likeness (QED) is 0.185. The summed E-state index contributed by atoms with van der Waals surface area (Å²) in [4.78, 5) is 21.7. The summed E-state index contributed by atoms with van der Waals surface area (Å²) in [5, 5.41) is 0. The Labute approximate surface area is 287 Å². The van der Waals surface area contributed by atoms with E-state index in [0.717, 1.165) is 84.8 Å². The van der Waals surface area contributed by atoms with Gasteiger partial charge in [0.2, 0.25) is 0 Å². The second-order valence-electron chi connectivity index (χ2n) is 12.1. The molecular formula is C42H27N7O. The number of fused-ring (bicyclic) bond motifs is 4. The van der Waals surface area contributed by atoms with Crippen molar-refractivity contribution in [1.82, 2.24) is 29.1 Å². The normalized spacial score (nSPS) is 12.1. The van der Waals surface area contributed by atoms with Crippen molar-refractivity contribution in [1.29, 1.82) is 0 Å². The zero-order valence-electron chi connectivity index (χ0n) is 26.6. The van der Waals surface area contributed by atoms with Crippen molar-refractivity contribution in [2.45, 2.75) is 0 Å². The fraction of sp³-hybridized carbons (Fsp3) is 0. The first-order valence-corrected chi connectivity index (χ1v) is 16.4. The fourth-order valence-corrected chi connectivity index (χ4v) is 6.89. The minimum atomic E-state index is 0.781. The smallest absolute Gasteiger partial charge is 0.151 e. The predicted molar refractivity (Wildman–Crippen MR) is 197 cm³/mol. The average Bonchev–Trinajstić information content (AvgIpc) is 3.77. The molecule has 0 bridgehead atoms. The maximum absolute atomic E-state index is 6.40. The number of para-hydroxylation sites is 6. The molecule has 0 fully saturated rings. The van der Waals surface area contributed by atoms with Gasteiger partial charge in [0.15, 0.2) is 11.5 Å². The van der Waals surface area contributed by atoms with Crippen LogP contribution in [0.25, 0.3) is 56.2 Å². The zero-order chi connectivity index (χ0) is 33.0. The molecule has 5 aromatic carbocycles. The Morgan fingerprint density at radius 1 is 0.440 bits per heavy atom. The first kappa shape index (κ1) is 28.0. The van der Waals surface area contributed by atoms with Gasteiger partial charge in [0.05, 0.1) is 45.8 Å². The third-order valence-corrected chi connectivity index (χ3v) is 9.07. The lowest BCUT2D eigenvalue weighted by Gasteiger charge is -2.33. The summed E-state index contributed by atoms with van der Waals surface area (Å²) in [5.41, 5.74) is 10.2. The summed E-state index contributed by atoms with van der Waals surface area (Å²) in [5.74, 6) is 3.15. The van der Waals surface area contributed by atoms with Crippen molar-refractivity contribution >= 4 is 39.1 Å². The number of ether oxygens (including phenoxy) is 1. The van der Waals surface area contributed by atoms with Gasteiger partial charge in [-0.25, -0.2) is 9.97 Å². The van der Waals surface area contributed by atoms with Crippen LogP contribution in [0, 0.1) is 0 Å². The molecule has 9 aromatic rings. The van der Waals surface area contributed by atoms with Gasteiger partial charge in [-0.1, -0.05) is 60.7 Å². The number of nitrogens with zero attached hydrogens (tertiary/aromatic N) is 7. The largest absolute Gasteiger partial charge is 0.453 e. The van der Waals surface area contributed by atoms with Crippen molar-refractivity contribution in [3.63, 3.8) is 0 Å². The van der Waals surface area contributed by atoms with E-state index in [9.17, 15) is 0 Å². The second-order valence-corrected chi connectivity index (χ2v) is 12.1. The average molecular weight is 646 g/mol. The third kappa shape index (κ3) is 4.47. The Morgan fingerprint density at radius 2 is 0.900 bits per heavy atom. The van der Waals surface area contributed by atoms with E-state index in [1.807, 2.05) is 97.3 Å². The Morgan fingerprint density at radius 3 is 1.40 bits per heavy atom. The van der Waals surface area contributed by atoms with E-state index in [1.165, 1.54) is 0 Å². The minimum absolute atomic E-state index is 0.781. The van der Waals surface area contributed by atoms with Gasteiger partial charge in [-0.2, -0.15) is 0 Å². The fourth-order valence-electron chi connectivity index (χ4n) is 6.89. The van der Waals surface area contributed by atoms with Crippen LogP contribution in [0.1, 0.15) is 0 Å². The Balaban J connectivity index is 1.30. The highest BCUT2D eigenvalue weighted by Crippen LogP contribution is 2.51. The maximum atomic E-state index is 6.40. The van der Waals surface area contributed by atoms with Crippen LogP contribution in [0.3, 0.4) is 0 Å². The summed E-state index contributed by atoms with van der Waals surface area (Å²) in [6.45, 7) is 0. The van der Waals surface area contributed by atoms with Crippen molar-refractivity contribution < 1.29 is 4.74 Å². The molecule has 0 saturated carbocycles. The number of aromatic nitrogens is 6. The van der Waals surface area contributed by atoms with Gasteiger partial charge in [0.1, 0.15) is 11.6 Å². The molecule has 5 heterocycles. The Kier molecular flexibility index (Phi) is 6.32. The van der Waals surface area contributed by atoms with Gasteiger partial charge in [0, 0.05) is 40.6 Å². The van der Waals surface area contributed by atoms with Gasteiger partial charge in [-0.15, -0.1) is 0 Å². The lowest BCUT2D eigenvalue weighted by Crippen LogP contribution is -2.16. The number of anilines is 3. The predicted octanol–water partition coefficient (Wildman–Crippen LogP) is 10.1. The molecule has 0 spiro atoms. The van der Waals surface area contributed by atoms with Crippen LogP contribution < -0.4 is 9.64 Å². The molecule has 0 atom stereocenters. The molecule has 236 valence electrons. The lowest BCUT2D eigenvalue weighted by molar-refractivity contribution is 0.477. The van der Waals surface area contributed by atoms with Gasteiger partial charge in [-0.05, 0) is 78.9 Å². The molecule has 0 N–H and O–H groups in total. The van der Waals surface area contributed by atoms with E-state index < -0.39 is 0 Å². The van der Waals surface area contributed by atoms with Crippen LogP contribution in [0.4, 0.5) is 17.1 Å². The molecule has 4 aromatic heterocycles. The monoisotopic (exact) mass is 645 g/mol. The standard InChI is InChI=1S/C42H27N7O/c1-3-11-30(12-4-1)48-37-26-43-21-19-33(37)45-41(48)28-23-29(42-46-34-20-22-44-27-38(34)49(42)31-13-5-2-6-14-31)25-32(24-28)47-35-15-7-9-17-39(35)50-40-18-10-8-16-36(40)47/h1-27H. The van der Waals surface area contributed by atoms with E-state index >= 15 is 0 Å². The van der Waals surface area contributed by atoms with E-state index in [2.05, 4.69) is 78.6 Å². The van der Waals surface area contributed by atoms with E-state index in [4.69, 9.17) is 14.7 Å². The highest BCUT2D eigenvalue weighted by Gasteiger charge is 2.28. The lowest BCUT2D eigenvalue weighted by atomic mass is 10.0. The first-order chi connectivity index (χ1) is 24.8. The molecule has 0 saturated heterocycles. The van der Waals surface area contributed by atoms with Crippen molar-refractivity contribution in [2.24, 2.45) is 0 Å². The van der Waals surface area contributed by atoms with Crippen molar-refractivity contribution in [3.8, 4) is 45.6 Å². The molecule has 10 rings (SSSR count). The van der Waals surface area contributed by atoms with Gasteiger partial charge >= 0.3 is 0 Å². The van der Waals surface area contributed by atoms with E-state index in [1.54, 1.807) is 12.4 Å². The topological polar surface area (TPSA) is 73.9 Å². The van der Waals surface area contributed by atoms with Crippen LogP contribution >= 0.6 is 0 Å². The number of pyridine rings is 2. The number of hydrogen-bond acceptors (Lipinski definition) is 6. The highest BCUT2D eigenvalue weighted by molar-refractivity contribution is 5.92. The molecule has 1 aliphatic heterocycles. The van der Waals surface area contributed by atoms with E-state index in [-0.39, 0.29) is 0 Å². The molecule has 1 aliphatic rings. The number of imidazole rings is 2. The number of benzene rings is 5. The van der Waals surface area contributed by atoms with Gasteiger partial charge in [0.25, 0.3) is 0 Å². The molecule has 8 heteroatoms. The molecule has 0 unspecified atom stereocenters.